The molecule has 110 valence electrons. The molecule has 3 rings (SSSR count). The number of anilines is 1. The lowest BCUT2D eigenvalue weighted by atomic mass is 10.0. The summed E-state index contributed by atoms with van der Waals surface area (Å²) in [6, 6.07) is 0.804. The van der Waals surface area contributed by atoms with Crippen molar-refractivity contribution in [3.05, 3.63) is 15.8 Å². The summed E-state index contributed by atoms with van der Waals surface area (Å²) < 4.78 is 1.67. The summed E-state index contributed by atoms with van der Waals surface area (Å²) in [7, 11) is 1.80. The zero-order chi connectivity index (χ0) is 14.3. The molecule has 1 aromatic rings. The van der Waals surface area contributed by atoms with Gasteiger partial charge < -0.3 is 10.2 Å². The van der Waals surface area contributed by atoms with E-state index in [9.17, 15) is 10.1 Å². The molecular weight excluding hydrogens is 258 g/mol. The SMILES string of the molecule is Cc1nn(C)c(N2CCCC2C2CCCN2)c1[N+](=O)[O-]. The standard InChI is InChI=1S/C13H21N5O2/c1-9-12(18(19)20)13(16(2)15-9)17-8-4-6-11(17)10-5-3-7-14-10/h10-11,14H,3-8H2,1-2H3. The Morgan fingerprint density at radius 3 is 2.85 bits per heavy atom. The predicted octanol–water partition coefficient (Wildman–Crippen LogP) is 1.36. The lowest BCUT2D eigenvalue weighted by Crippen LogP contribution is -2.44. The fourth-order valence-corrected chi connectivity index (χ4v) is 3.68. The third-order valence-corrected chi connectivity index (χ3v) is 4.48. The van der Waals surface area contributed by atoms with Gasteiger partial charge in [-0.2, -0.15) is 5.10 Å². The average molecular weight is 279 g/mol. The van der Waals surface area contributed by atoms with Gasteiger partial charge in [0.2, 0.25) is 5.82 Å². The van der Waals surface area contributed by atoms with Crippen molar-refractivity contribution in [2.24, 2.45) is 7.05 Å². The summed E-state index contributed by atoms with van der Waals surface area (Å²) in [5.41, 5.74) is 0.662. The van der Waals surface area contributed by atoms with Crippen LogP contribution in [0.5, 0.6) is 0 Å². The molecule has 2 fully saturated rings. The molecule has 0 aromatic carbocycles. The van der Waals surface area contributed by atoms with Gasteiger partial charge in [0.05, 0.1) is 4.92 Å². The molecular formula is C13H21N5O2. The molecule has 0 saturated carbocycles. The van der Waals surface area contributed by atoms with Crippen LogP contribution >= 0.6 is 0 Å². The fourth-order valence-electron chi connectivity index (χ4n) is 3.68. The van der Waals surface area contributed by atoms with E-state index < -0.39 is 0 Å². The Bertz CT molecular complexity index is 521. The largest absolute Gasteiger partial charge is 0.347 e. The highest BCUT2D eigenvalue weighted by molar-refractivity contribution is 5.62. The monoisotopic (exact) mass is 279 g/mol. The lowest BCUT2D eigenvalue weighted by Gasteiger charge is -2.30. The maximum atomic E-state index is 11.4. The molecule has 0 bridgehead atoms. The van der Waals surface area contributed by atoms with Crippen molar-refractivity contribution in [1.82, 2.24) is 15.1 Å². The summed E-state index contributed by atoms with van der Waals surface area (Å²) in [4.78, 5) is 13.2. The molecule has 0 spiro atoms. The van der Waals surface area contributed by atoms with E-state index in [1.54, 1.807) is 18.7 Å². The molecule has 2 aliphatic rings. The number of aromatic nitrogens is 2. The quantitative estimate of drug-likeness (QED) is 0.668. The fraction of sp³-hybridized carbons (Fsp3) is 0.769. The van der Waals surface area contributed by atoms with Gasteiger partial charge in [0, 0.05) is 25.7 Å². The van der Waals surface area contributed by atoms with Gasteiger partial charge in [-0.15, -0.1) is 0 Å². The molecule has 20 heavy (non-hydrogen) atoms. The van der Waals surface area contributed by atoms with Crippen molar-refractivity contribution in [3.8, 4) is 0 Å². The van der Waals surface area contributed by atoms with E-state index in [1.165, 1.54) is 6.42 Å². The Hall–Kier alpha value is -1.63. The molecule has 0 amide bonds. The van der Waals surface area contributed by atoms with E-state index in [0.717, 1.165) is 32.4 Å². The van der Waals surface area contributed by atoms with Crippen LogP contribution < -0.4 is 10.2 Å². The second-order valence-electron chi connectivity index (χ2n) is 5.74. The maximum absolute atomic E-state index is 11.4. The molecule has 0 radical (unpaired) electrons. The van der Waals surface area contributed by atoms with Crippen LogP contribution in [0, 0.1) is 17.0 Å². The van der Waals surface area contributed by atoms with Gasteiger partial charge in [0.15, 0.2) is 0 Å². The van der Waals surface area contributed by atoms with E-state index in [4.69, 9.17) is 0 Å². The summed E-state index contributed by atoms with van der Waals surface area (Å²) in [6.07, 6.45) is 4.54. The van der Waals surface area contributed by atoms with Crippen LogP contribution in [0.4, 0.5) is 11.5 Å². The third kappa shape index (κ3) is 2.06. The van der Waals surface area contributed by atoms with Crippen LogP contribution in [0.2, 0.25) is 0 Å². The first-order valence-electron chi connectivity index (χ1n) is 7.27. The minimum absolute atomic E-state index is 0.164. The molecule has 0 aliphatic carbocycles. The predicted molar refractivity (Wildman–Crippen MR) is 76.0 cm³/mol. The number of nitrogens with one attached hydrogen (secondary N) is 1. The zero-order valence-corrected chi connectivity index (χ0v) is 12.0. The highest BCUT2D eigenvalue weighted by Gasteiger charge is 2.39. The van der Waals surface area contributed by atoms with Crippen LogP contribution in [-0.4, -0.2) is 39.9 Å². The minimum atomic E-state index is -0.297. The number of hydrogen-bond donors (Lipinski definition) is 1. The molecule has 2 saturated heterocycles. The topological polar surface area (TPSA) is 76.2 Å². The van der Waals surface area contributed by atoms with Crippen molar-refractivity contribution in [2.75, 3.05) is 18.0 Å². The van der Waals surface area contributed by atoms with Gasteiger partial charge in [0.25, 0.3) is 0 Å². The van der Waals surface area contributed by atoms with Crippen molar-refractivity contribution in [1.29, 1.82) is 0 Å². The number of nitro groups is 1. The molecule has 7 heteroatoms. The number of rotatable bonds is 3. The van der Waals surface area contributed by atoms with E-state index in [1.807, 2.05) is 0 Å². The molecule has 3 heterocycles. The van der Waals surface area contributed by atoms with E-state index in [2.05, 4.69) is 15.3 Å². The highest BCUT2D eigenvalue weighted by Crippen LogP contribution is 2.37. The van der Waals surface area contributed by atoms with Crippen molar-refractivity contribution in [3.63, 3.8) is 0 Å². The summed E-state index contributed by atoms with van der Waals surface area (Å²) in [5.74, 6) is 0.670. The smallest absolute Gasteiger partial charge is 0.333 e. The first kappa shape index (κ1) is 13.4. The maximum Gasteiger partial charge on any atom is 0.333 e. The highest BCUT2D eigenvalue weighted by atomic mass is 16.6. The van der Waals surface area contributed by atoms with E-state index >= 15 is 0 Å². The van der Waals surface area contributed by atoms with E-state index in [-0.39, 0.29) is 10.6 Å². The van der Waals surface area contributed by atoms with E-state index in [0.29, 0.717) is 23.6 Å². The lowest BCUT2D eigenvalue weighted by molar-refractivity contribution is -0.384. The molecule has 7 nitrogen and oxygen atoms in total. The van der Waals surface area contributed by atoms with Crippen LogP contribution in [-0.2, 0) is 7.05 Å². The Kier molecular flexibility index (Phi) is 3.37. The summed E-state index contributed by atoms with van der Waals surface area (Å²) in [5, 5.41) is 19.1. The Labute approximate surface area is 118 Å². The van der Waals surface area contributed by atoms with Gasteiger partial charge >= 0.3 is 5.69 Å². The molecule has 1 N–H and O–H groups in total. The van der Waals surface area contributed by atoms with Crippen LogP contribution in [0.1, 0.15) is 31.4 Å². The molecule has 2 atom stereocenters. The third-order valence-electron chi connectivity index (χ3n) is 4.48. The van der Waals surface area contributed by atoms with Crippen LogP contribution in [0.3, 0.4) is 0 Å². The van der Waals surface area contributed by atoms with Gasteiger partial charge in [-0.25, -0.2) is 4.68 Å². The van der Waals surface area contributed by atoms with Gasteiger partial charge in [0.1, 0.15) is 5.69 Å². The van der Waals surface area contributed by atoms with Gasteiger partial charge in [-0.3, -0.25) is 10.1 Å². The number of hydrogen-bond acceptors (Lipinski definition) is 5. The zero-order valence-electron chi connectivity index (χ0n) is 12.0. The number of aryl methyl sites for hydroxylation is 2. The molecule has 1 aromatic heterocycles. The summed E-state index contributed by atoms with van der Waals surface area (Å²) >= 11 is 0. The second kappa shape index (κ2) is 5.05. The Morgan fingerprint density at radius 2 is 2.20 bits per heavy atom. The minimum Gasteiger partial charge on any atom is -0.347 e. The number of nitrogens with zero attached hydrogens (tertiary/aromatic N) is 4. The molecule has 2 unspecified atom stereocenters. The normalized spacial score (nSPS) is 26.4. The Balaban J connectivity index is 1.97. The van der Waals surface area contributed by atoms with Gasteiger partial charge in [-0.1, -0.05) is 0 Å². The van der Waals surface area contributed by atoms with Crippen molar-refractivity contribution < 1.29 is 4.92 Å². The average Bonchev–Trinajstić information content (AvgIpc) is 3.06. The van der Waals surface area contributed by atoms with Crippen molar-refractivity contribution in [2.45, 2.75) is 44.7 Å². The second-order valence-corrected chi connectivity index (χ2v) is 5.74. The van der Waals surface area contributed by atoms with Crippen molar-refractivity contribution >= 4 is 11.5 Å². The first-order chi connectivity index (χ1) is 9.59. The first-order valence-corrected chi connectivity index (χ1v) is 7.27. The van der Waals surface area contributed by atoms with Crippen LogP contribution in [0.15, 0.2) is 0 Å². The van der Waals surface area contributed by atoms with Gasteiger partial charge in [-0.05, 0) is 39.2 Å². The molecule has 2 aliphatic heterocycles. The Morgan fingerprint density at radius 1 is 1.40 bits per heavy atom. The summed E-state index contributed by atoms with van der Waals surface area (Å²) in [6.45, 7) is 3.64. The van der Waals surface area contributed by atoms with Crippen LogP contribution in [0.25, 0.3) is 0 Å².